The van der Waals surface area contributed by atoms with E-state index in [0.29, 0.717) is 23.3 Å². The molecule has 0 radical (unpaired) electrons. The molecular formula is C18H20ClN3O3. The van der Waals surface area contributed by atoms with E-state index in [1.807, 2.05) is 0 Å². The highest BCUT2D eigenvalue weighted by molar-refractivity contribution is 6.27. The Morgan fingerprint density at radius 2 is 2.04 bits per heavy atom. The summed E-state index contributed by atoms with van der Waals surface area (Å²) in [4.78, 5) is 18.8. The number of halogens is 1. The van der Waals surface area contributed by atoms with Crippen molar-refractivity contribution >= 4 is 17.5 Å². The second-order valence-electron chi connectivity index (χ2n) is 6.67. The highest BCUT2D eigenvalue weighted by atomic mass is 35.5. The molecule has 4 heterocycles. The quantitative estimate of drug-likeness (QED) is 0.904. The van der Waals surface area contributed by atoms with Crippen molar-refractivity contribution in [2.24, 2.45) is 5.92 Å². The maximum Gasteiger partial charge on any atom is 0.311 e. The third kappa shape index (κ3) is 3.37. The fraction of sp³-hybridized carbons (Fsp3) is 0.444. The van der Waals surface area contributed by atoms with Crippen molar-refractivity contribution in [1.29, 1.82) is 0 Å². The molecule has 3 aliphatic rings. The van der Waals surface area contributed by atoms with Gasteiger partial charge in [0, 0.05) is 17.6 Å². The molecule has 1 aromatic carbocycles. The van der Waals surface area contributed by atoms with E-state index in [1.54, 1.807) is 24.3 Å². The second-order valence-corrected chi connectivity index (χ2v) is 7.00. The molecule has 132 valence electrons. The summed E-state index contributed by atoms with van der Waals surface area (Å²) in [7, 11) is 0. The number of fused-ring (bicyclic) bond motifs is 3. The molecule has 3 fully saturated rings. The molecule has 2 aromatic rings. The van der Waals surface area contributed by atoms with Gasteiger partial charge in [-0.3, -0.25) is 9.69 Å². The standard InChI is InChI=1S/C18H20ClN3O3/c1-11-16(12-6-8-22(11)9-7-12)21-17(23)13-2-4-14(5-3-13)24-15-10-20-18(19)25-15/h2-5,10-12,16H,6-9H2,1H3,(H,21,23)/t11-,16-/m0/s1. The van der Waals surface area contributed by atoms with Crippen molar-refractivity contribution in [2.45, 2.75) is 31.8 Å². The van der Waals surface area contributed by atoms with E-state index in [4.69, 9.17) is 20.8 Å². The minimum Gasteiger partial charge on any atom is -0.425 e. The molecule has 0 aliphatic carbocycles. The first-order valence-electron chi connectivity index (χ1n) is 8.54. The molecule has 1 amide bonds. The van der Waals surface area contributed by atoms with E-state index in [9.17, 15) is 4.79 Å². The first-order valence-corrected chi connectivity index (χ1v) is 8.92. The molecule has 0 spiro atoms. The van der Waals surface area contributed by atoms with E-state index in [1.165, 1.54) is 19.0 Å². The van der Waals surface area contributed by atoms with Gasteiger partial charge < -0.3 is 14.5 Å². The number of carbonyl (C=O) groups excluding carboxylic acids is 1. The lowest BCUT2D eigenvalue weighted by Crippen LogP contribution is -2.62. The van der Waals surface area contributed by atoms with Gasteiger partial charge in [-0.25, -0.2) is 4.98 Å². The van der Waals surface area contributed by atoms with Crippen LogP contribution in [0.5, 0.6) is 11.7 Å². The number of carbonyl (C=O) groups is 1. The van der Waals surface area contributed by atoms with Crippen molar-refractivity contribution in [2.75, 3.05) is 13.1 Å². The average Bonchev–Trinajstić information content (AvgIpc) is 3.04. The third-order valence-corrected chi connectivity index (χ3v) is 5.44. The highest BCUT2D eigenvalue weighted by Crippen LogP contribution is 2.32. The van der Waals surface area contributed by atoms with Crippen LogP contribution in [0.3, 0.4) is 0 Å². The molecule has 2 atom stereocenters. The SMILES string of the molecule is C[C@H]1[C@H](NC(=O)c2ccc(Oc3cnc(Cl)o3)cc2)C2CCN1CC2. The number of nitrogens with one attached hydrogen (secondary N) is 1. The normalized spacial score (nSPS) is 27.9. The van der Waals surface area contributed by atoms with Gasteiger partial charge in [-0.05, 0) is 74.6 Å². The van der Waals surface area contributed by atoms with Gasteiger partial charge in [-0.1, -0.05) is 0 Å². The average molecular weight is 362 g/mol. The fourth-order valence-corrected chi connectivity index (χ4v) is 3.98. The lowest BCUT2D eigenvalue weighted by molar-refractivity contribution is 0.0217. The van der Waals surface area contributed by atoms with Crippen molar-refractivity contribution in [3.63, 3.8) is 0 Å². The molecule has 2 bridgehead atoms. The zero-order valence-electron chi connectivity index (χ0n) is 13.9. The van der Waals surface area contributed by atoms with Crippen LogP contribution in [-0.2, 0) is 0 Å². The fourth-order valence-electron chi connectivity index (χ4n) is 3.86. The summed E-state index contributed by atoms with van der Waals surface area (Å²) in [5.74, 6) is 1.31. The molecule has 1 N–H and O–H groups in total. The lowest BCUT2D eigenvalue weighted by Gasteiger charge is -2.49. The zero-order chi connectivity index (χ0) is 17.4. The Balaban J connectivity index is 1.40. The number of piperidine rings is 3. The maximum absolute atomic E-state index is 12.6. The number of oxazole rings is 1. The van der Waals surface area contributed by atoms with Crippen LogP contribution < -0.4 is 10.1 Å². The third-order valence-electron chi connectivity index (χ3n) is 5.27. The van der Waals surface area contributed by atoms with Crippen molar-refractivity contribution in [3.8, 4) is 11.7 Å². The highest BCUT2D eigenvalue weighted by Gasteiger charge is 2.40. The van der Waals surface area contributed by atoms with Crippen LogP contribution in [0.1, 0.15) is 30.1 Å². The Bertz CT molecular complexity index is 751. The Labute approximate surface area is 151 Å². The van der Waals surface area contributed by atoms with Crippen LogP contribution in [0, 0.1) is 5.92 Å². The largest absolute Gasteiger partial charge is 0.425 e. The summed E-state index contributed by atoms with van der Waals surface area (Å²) in [6, 6.07) is 7.57. The van der Waals surface area contributed by atoms with Crippen LogP contribution in [0.2, 0.25) is 5.35 Å². The van der Waals surface area contributed by atoms with Crippen LogP contribution in [-0.4, -0.2) is 41.0 Å². The lowest BCUT2D eigenvalue weighted by atomic mass is 9.79. The Hall–Kier alpha value is -2.05. The number of hydrogen-bond acceptors (Lipinski definition) is 5. The number of amides is 1. The number of nitrogens with zero attached hydrogens (tertiary/aromatic N) is 2. The molecule has 5 rings (SSSR count). The van der Waals surface area contributed by atoms with Gasteiger partial charge >= 0.3 is 5.95 Å². The number of rotatable bonds is 4. The molecule has 3 saturated heterocycles. The van der Waals surface area contributed by atoms with Gasteiger partial charge in [0.25, 0.3) is 11.3 Å². The summed E-state index contributed by atoms with van der Waals surface area (Å²) >= 11 is 5.61. The smallest absolute Gasteiger partial charge is 0.311 e. The van der Waals surface area contributed by atoms with Gasteiger partial charge in [0.1, 0.15) is 11.9 Å². The van der Waals surface area contributed by atoms with E-state index < -0.39 is 0 Å². The topological polar surface area (TPSA) is 67.6 Å². The monoisotopic (exact) mass is 361 g/mol. The summed E-state index contributed by atoms with van der Waals surface area (Å²) in [5.41, 5.74) is 0.617. The van der Waals surface area contributed by atoms with Crippen LogP contribution in [0.15, 0.2) is 34.9 Å². The Kier molecular flexibility index (Phi) is 4.39. The number of ether oxygens (including phenoxy) is 1. The van der Waals surface area contributed by atoms with Gasteiger partial charge in [0.2, 0.25) is 0 Å². The molecule has 0 unspecified atom stereocenters. The minimum atomic E-state index is -0.0418. The number of hydrogen-bond donors (Lipinski definition) is 1. The zero-order valence-corrected chi connectivity index (χ0v) is 14.7. The van der Waals surface area contributed by atoms with Gasteiger partial charge in [0.15, 0.2) is 0 Å². The second kappa shape index (κ2) is 6.69. The summed E-state index contributed by atoms with van der Waals surface area (Å²) in [6.45, 7) is 4.50. The predicted molar refractivity (Wildman–Crippen MR) is 93.0 cm³/mol. The van der Waals surface area contributed by atoms with Crippen molar-refractivity contribution in [1.82, 2.24) is 15.2 Å². The maximum atomic E-state index is 12.6. The first-order chi connectivity index (χ1) is 12.1. The summed E-state index contributed by atoms with van der Waals surface area (Å²) < 4.78 is 10.5. The van der Waals surface area contributed by atoms with E-state index in [-0.39, 0.29) is 23.2 Å². The predicted octanol–water partition coefficient (Wildman–Crippen LogP) is 3.33. The Morgan fingerprint density at radius 1 is 1.32 bits per heavy atom. The minimum absolute atomic E-state index is 0.0256. The van der Waals surface area contributed by atoms with E-state index in [0.717, 1.165) is 13.1 Å². The molecular weight excluding hydrogens is 342 g/mol. The number of aromatic nitrogens is 1. The van der Waals surface area contributed by atoms with Crippen LogP contribution in [0.25, 0.3) is 0 Å². The summed E-state index contributed by atoms with van der Waals surface area (Å²) in [5, 5.41) is 3.25. The molecule has 25 heavy (non-hydrogen) atoms. The van der Waals surface area contributed by atoms with Crippen molar-refractivity contribution in [3.05, 3.63) is 41.4 Å². The van der Waals surface area contributed by atoms with Gasteiger partial charge in [0.05, 0.1) is 0 Å². The Morgan fingerprint density at radius 3 is 2.64 bits per heavy atom. The molecule has 3 aliphatic heterocycles. The molecule has 6 nitrogen and oxygen atoms in total. The molecule has 0 saturated carbocycles. The number of benzene rings is 1. The van der Waals surface area contributed by atoms with Crippen LogP contribution in [0.4, 0.5) is 0 Å². The van der Waals surface area contributed by atoms with E-state index >= 15 is 0 Å². The van der Waals surface area contributed by atoms with Crippen LogP contribution >= 0.6 is 11.6 Å². The van der Waals surface area contributed by atoms with Gasteiger partial charge in [-0.15, -0.1) is 0 Å². The van der Waals surface area contributed by atoms with Crippen molar-refractivity contribution < 1.29 is 13.9 Å². The molecule has 1 aromatic heterocycles. The summed E-state index contributed by atoms with van der Waals surface area (Å²) in [6.07, 6.45) is 3.74. The van der Waals surface area contributed by atoms with E-state index in [2.05, 4.69) is 22.1 Å². The van der Waals surface area contributed by atoms with Gasteiger partial charge in [-0.2, -0.15) is 0 Å². The molecule has 7 heteroatoms. The first kappa shape index (κ1) is 16.4.